The molecular weight excluding hydrogens is 380 g/mol. The third-order valence-corrected chi connectivity index (χ3v) is 4.53. The average Bonchev–Trinajstić information content (AvgIpc) is 3.44. The summed E-state index contributed by atoms with van der Waals surface area (Å²) < 4.78 is 3.55. The summed E-state index contributed by atoms with van der Waals surface area (Å²) in [5, 5.41) is 2.90. The number of carbonyl (C=O) groups excluding carboxylic acids is 1. The van der Waals surface area contributed by atoms with Gasteiger partial charge in [-0.2, -0.15) is 0 Å². The molecular formula is C21H16N8O. The molecule has 1 amide bonds. The monoisotopic (exact) mass is 396 g/mol. The van der Waals surface area contributed by atoms with Crippen LogP contribution in [-0.2, 0) is 6.54 Å². The van der Waals surface area contributed by atoms with Crippen molar-refractivity contribution in [1.82, 2.24) is 39.2 Å². The Kier molecular flexibility index (Phi) is 4.45. The zero-order chi connectivity index (χ0) is 20.3. The molecule has 5 aromatic rings. The largest absolute Gasteiger partial charge is 0.346 e. The van der Waals surface area contributed by atoms with Gasteiger partial charge in [0.05, 0.1) is 5.52 Å². The lowest BCUT2D eigenvalue weighted by molar-refractivity contribution is 0.0948. The van der Waals surface area contributed by atoms with E-state index in [1.165, 1.54) is 0 Å². The maximum Gasteiger partial charge on any atom is 0.272 e. The summed E-state index contributed by atoms with van der Waals surface area (Å²) in [5.41, 5.74) is 2.55. The number of nitrogens with zero attached hydrogens (tertiary/aromatic N) is 7. The Labute approximate surface area is 171 Å². The lowest BCUT2D eigenvalue weighted by Gasteiger charge is -2.03. The van der Waals surface area contributed by atoms with Crippen molar-refractivity contribution in [3.63, 3.8) is 0 Å². The van der Waals surface area contributed by atoms with Gasteiger partial charge in [-0.25, -0.2) is 19.9 Å². The molecule has 0 fully saturated rings. The molecule has 5 rings (SSSR count). The number of amides is 1. The van der Waals surface area contributed by atoms with Crippen molar-refractivity contribution in [3.8, 4) is 17.5 Å². The molecule has 0 unspecified atom stereocenters. The fraction of sp³-hybridized carbons (Fsp3) is 0.0476. The summed E-state index contributed by atoms with van der Waals surface area (Å²) in [6, 6.07) is 11.1. The smallest absolute Gasteiger partial charge is 0.272 e. The third-order valence-electron chi connectivity index (χ3n) is 4.53. The van der Waals surface area contributed by atoms with Crippen LogP contribution in [0, 0.1) is 0 Å². The van der Waals surface area contributed by atoms with Crippen LogP contribution in [0.15, 0.2) is 79.9 Å². The second kappa shape index (κ2) is 7.55. The van der Waals surface area contributed by atoms with E-state index >= 15 is 0 Å². The number of rotatable bonds is 5. The van der Waals surface area contributed by atoms with Gasteiger partial charge in [0.1, 0.15) is 12.0 Å². The molecule has 9 nitrogen and oxygen atoms in total. The number of aromatic nitrogens is 7. The van der Waals surface area contributed by atoms with Gasteiger partial charge in [-0.05, 0) is 29.8 Å². The first-order chi connectivity index (χ1) is 14.8. The second-order valence-corrected chi connectivity index (χ2v) is 6.50. The summed E-state index contributed by atoms with van der Waals surface area (Å²) in [6.45, 7) is 0.369. The van der Waals surface area contributed by atoms with Crippen molar-refractivity contribution in [1.29, 1.82) is 0 Å². The van der Waals surface area contributed by atoms with E-state index in [2.05, 4.69) is 30.2 Å². The minimum atomic E-state index is -0.264. The average molecular weight is 396 g/mol. The number of pyridine rings is 2. The molecule has 30 heavy (non-hydrogen) atoms. The lowest BCUT2D eigenvalue weighted by Crippen LogP contribution is -2.23. The van der Waals surface area contributed by atoms with Gasteiger partial charge in [0.2, 0.25) is 5.95 Å². The molecule has 0 bridgehead atoms. The highest BCUT2D eigenvalue weighted by molar-refractivity contribution is 5.99. The number of imidazole rings is 2. The van der Waals surface area contributed by atoms with E-state index in [0.29, 0.717) is 35.2 Å². The quantitative estimate of drug-likeness (QED) is 0.489. The van der Waals surface area contributed by atoms with Crippen LogP contribution in [0.25, 0.3) is 23.0 Å². The van der Waals surface area contributed by atoms with E-state index < -0.39 is 0 Å². The first-order valence-electron chi connectivity index (χ1n) is 9.25. The topological polar surface area (TPSA) is 103 Å². The van der Waals surface area contributed by atoms with E-state index in [0.717, 1.165) is 5.56 Å². The van der Waals surface area contributed by atoms with Gasteiger partial charge in [0.25, 0.3) is 5.91 Å². The Morgan fingerprint density at radius 3 is 2.73 bits per heavy atom. The highest BCUT2D eigenvalue weighted by Gasteiger charge is 2.19. The molecule has 0 saturated carbocycles. The van der Waals surface area contributed by atoms with E-state index in [-0.39, 0.29) is 5.91 Å². The van der Waals surface area contributed by atoms with Crippen LogP contribution in [0.2, 0.25) is 0 Å². The Morgan fingerprint density at radius 1 is 1.00 bits per heavy atom. The van der Waals surface area contributed by atoms with Gasteiger partial charge in [0.15, 0.2) is 11.5 Å². The number of carbonyl (C=O) groups is 1. The van der Waals surface area contributed by atoms with Crippen molar-refractivity contribution in [2.45, 2.75) is 6.54 Å². The zero-order valence-corrected chi connectivity index (χ0v) is 15.8. The third kappa shape index (κ3) is 3.28. The van der Waals surface area contributed by atoms with Crippen LogP contribution in [0.4, 0.5) is 0 Å². The number of fused-ring (bicyclic) bond motifs is 1. The molecule has 0 aromatic carbocycles. The molecule has 5 aromatic heterocycles. The molecule has 0 atom stereocenters. The zero-order valence-electron chi connectivity index (χ0n) is 15.8. The predicted molar refractivity (Wildman–Crippen MR) is 109 cm³/mol. The summed E-state index contributed by atoms with van der Waals surface area (Å²) in [4.78, 5) is 34.4. The molecule has 1 N–H and O–H groups in total. The Hall–Kier alpha value is -4.40. The van der Waals surface area contributed by atoms with Gasteiger partial charge < -0.3 is 5.32 Å². The van der Waals surface area contributed by atoms with Crippen molar-refractivity contribution in [2.75, 3.05) is 0 Å². The van der Waals surface area contributed by atoms with Crippen molar-refractivity contribution in [3.05, 3.63) is 91.2 Å². The molecule has 5 heterocycles. The molecule has 0 aliphatic rings. The van der Waals surface area contributed by atoms with E-state index in [1.807, 2.05) is 40.9 Å². The van der Waals surface area contributed by atoms with Gasteiger partial charge in [-0.3, -0.25) is 18.7 Å². The van der Waals surface area contributed by atoms with Gasteiger partial charge >= 0.3 is 0 Å². The molecule has 0 aliphatic carbocycles. The van der Waals surface area contributed by atoms with Crippen molar-refractivity contribution < 1.29 is 4.79 Å². The highest BCUT2D eigenvalue weighted by atomic mass is 16.1. The van der Waals surface area contributed by atoms with E-state index in [4.69, 9.17) is 0 Å². The number of hydrogen-bond donors (Lipinski definition) is 1. The van der Waals surface area contributed by atoms with E-state index in [1.54, 1.807) is 47.9 Å². The standard InChI is InChI=1S/C21H16N8O/c30-20(25-12-15-5-3-7-22-11-15)18-17-6-1-2-10-29(17)19(27-18)16-13-28(14-26-16)21-23-8-4-9-24-21/h1-11,13-14H,12H2,(H,25,30). The summed E-state index contributed by atoms with van der Waals surface area (Å²) in [6.07, 6.45) is 12.0. The normalized spacial score (nSPS) is 10.9. The van der Waals surface area contributed by atoms with Gasteiger partial charge in [-0.1, -0.05) is 12.1 Å². The molecule has 9 heteroatoms. The molecule has 0 saturated heterocycles. The minimum absolute atomic E-state index is 0.264. The van der Waals surface area contributed by atoms with Crippen LogP contribution < -0.4 is 5.32 Å². The maximum atomic E-state index is 12.9. The van der Waals surface area contributed by atoms with Crippen molar-refractivity contribution in [2.24, 2.45) is 0 Å². The van der Waals surface area contributed by atoms with Gasteiger partial charge in [-0.15, -0.1) is 0 Å². The van der Waals surface area contributed by atoms with Crippen LogP contribution in [0.5, 0.6) is 0 Å². The first kappa shape index (κ1) is 17.7. The first-order valence-corrected chi connectivity index (χ1v) is 9.25. The summed E-state index contributed by atoms with van der Waals surface area (Å²) in [5.74, 6) is 0.804. The number of hydrogen-bond acceptors (Lipinski definition) is 6. The maximum absolute atomic E-state index is 12.9. The fourth-order valence-electron chi connectivity index (χ4n) is 3.13. The minimum Gasteiger partial charge on any atom is -0.346 e. The van der Waals surface area contributed by atoms with E-state index in [9.17, 15) is 4.79 Å². The molecule has 0 aliphatic heterocycles. The highest BCUT2D eigenvalue weighted by Crippen LogP contribution is 2.22. The molecule has 146 valence electrons. The SMILES string of the molecule is O=C(NCc1cccnc1)c1nc(-c2cn(-c3ncccn3)cn2)n2ccccc12. The van der Waals surface area contributed by atoms with Crippen LogP contribution >= 0.6 is 0 Å². The Bertz CT molecular complexity index is 1310. The fourth-order valence-corrected chi connectivity index (χ4v) is 3.13. The van der Waals surface area contributed by atoms with Crippen LogP contribution in [0.3, 0.4) is 0 Å². The Balaban J connectivity index is 1.49. The lowest BCUT2D eigenvalue weighted by atomic mass is 10.2. The molecule has 0 radical (unpaired) electrons. The van der Waals surface area contributed by atoms with Crippen molar-refractivity contribution >= 4 is 11.4 Å². The Morgan fingerprint density at radius 2 is 1.90 bits per heavy atom. The molecule has 0 spiro atoms. The van der Waals surface area contributed by atoms with Crippen LogP contribution in [-0.4, -0.2) is 39.8 Å². The summed E-state index contributed by atoms with van der Waals surface area (Å²) >= 11 is 0. The second-order valence-electron chi connectivity index (χ2n) is 6.50. The summed E-state index contributed by atoms with van der Waals surface area (Å²) in [7, 11) is 0. The number of nitrogens with one attached hydrogen (secondary N) is 1. The predicted octanol–water partition coefficient (Wildman–Crippen LogP) is 2.30. The van der Waals surface area contributed by atoms with Gasteiger partial charge in [0, 0.05) is 43.7 Å². The van der Waals surface area contributed by atoms with Crippen LogP contribution in [0.1, 0.15) is 16.1 Å².